The van der Waals surface area contributed by atoms with Crippen LogP contribution in [0.1, 0.15) is 16.1 Å². The second kappa shape index (κ2) is 10.2. The molecule has 1 aromatic heterocycles. The van der Waals surface area contributed by atoms with Crippen LogP contribution in [0.3, 0.4) is 0 Å². The third-order valence-corrected chi connectivity index (χ3v) is 4.61. The van der Waals surface area contributed by atoms with Crippen LogP contribution in [0.2, 0.25) is 0 Å². The summed E-state index contributed by atoms with van der Waals surface area (Å²) in [6, 6.07) is 10.4. The largest absolute Gasteiger partial charge is 0.496 e. The highest BCUT2D eigenvalue weighted by Gasteiger charge is 2.14. The highest BCUT2D eigenvalue weighted by atomic mass is 16.5. The van der Waals surface area contributed by atoms with Crippen LogP contribution < -0.4 is 29.1 Å². The molecule has 0 unspecified atom stereocenters. The molecule has 0 aliphatic carbocycles. The number of hydrogen-bond acceptors (Lipinski definition) is 8. The van der Waals surface area contributed by atoms with Crippen LogP contribution in [0.15, 0.2) is 41.5 Å². The predicted molar refractivity (Wildman–Crippen MR) is 118 cm³/mol. The molecule has 0 atom stereocenters. The van der Waals surface area contributed by atoms with Gasteiger partial charge in [0.05, 0.1) is 53.0 Å². The Labute approximate surface area is 185 Å². The van der Waals surface area contributed by atoms with E-state index in [1.165, 1.54) is 20.4 Å². The van der Waals surface area contributed by atoms with Crippen molar-refractivity contribution in [2.75, 3.05) is 35.5 Å². The van der Waals surface area contributed by atoms with Crippen molar-refractivity contribution in [3.63, 3.8) is 0 Å². The molecular weight excluding hydrogens is 416 g/mol. The molecule has 0 saturated carbocycles. The SMILES string of the molecule is COc1cc(OC)c(/C=N/NC(=O)c2cc(-c3ccc(OC)c(OC)c3)n[nH]2)c(OC)c1. The third kappa shape index (κ3) is 4.75. The van der Waals surface area contributed by atoms with Crippen molar-refractivity contribution in [3.05, 3.63) is 47.7 Å². The zero-order chi connectivity index (χ0) is 23.1. The molecule has 1 heterocycles. The molecule has 0 aliphatic rings. The molecular formula is C22H24N4O6. The Morgan fingerprint density at radius 1 is 0.875 bits per heavy atom. The van der Waals surface area contributed by atoms with Crippen molar-refractivity contribution in [2.45, 2.75) is 0 Å². The number of benzene rings is 2. The minimum atomic E-state index is -0.466. The summed E-state index contributed by atoms with van der Waals surface area (Å²) in [5, 5.41) is 10.9. The van der Waals surface area contributed by atoms with Crippen LogP contribution >= 0.6 is 0 Å². The topological polar surface area (TPSA) is 116 Å². The second-order valence-electron chi connectivity index (χ2n) is 6.38. The first kappa shape index (κ1) is 22.5. The number of H-pyrrole nitrogens is 1. The van der Waals surface area contributed by atoms with E-state index in [1.54, 1.807) is 51.7 Å². The number of carbonyl (C=O) groups is 1. The summed E-state index contributed by atoms with van der Waals surface area (Å²) >= 11 is 0. The number of amides is 1. The molecule has 0 radical (unpaired) electrons. The summed E-state index contributed by atoms with van der Waals surface area (Å²) in [4.78, 5) is 12.5. The number of carbonyl (C=O) groups excluding carboxylic acids is 1. The van der Waals surface area contributed by atoms with E-state index < -0.39 is 5.91 Å². The summed E-state index contributed by atoms with van der Waals surface area (Å²) in [5.41, 5.74) is 4.57. The number of rotatable bonds is 9. The van der Waals surface area contributed by atoms with Gasteiger partial charge in [-0.3, -0.25) is 9.89 Å². The number of hydrazone groups is 1. The zero-order valence-electron chi connectivity index (χ0n) is 18.4. The maximum absolute atomic E-state index is 12.5. The fourth-order valence-electron chi connectivity index (χ4n) is 2.96. The lowest BCUT2D eigenvalue weighted by molar-refractivity contribution is 0.0950. The smallest absolute Gasteiger partial charge is 0.289 e. The maximum Gasteiger partial charge on any atom is 0.289 e. The summed E-state index contributed by atoms with van der Waals surface area (Å²) in [6.45, 7) is 0. The molecule has 0 spiro atoms. The lowest BCUT2D eigenvalue weighted by Gasteiger charge is -2.12. The summed E-state index contributed by atoms with van der Waals surface area (Å²) in [6.07, 6.45) is 1.43. The van der Waals surface area contributed by atoms with Crippen molar-refractivity contribution in [3.8, 4) is 40.0 Å². The maximum atomic E-state index is 12.5. The van der Waals surface area contributed by atoms with Crippen LogP contribution in [-0.2, 0) is 0 Å². The number of aromatic amines is 1. The van der Waals surface area contributed by atoms with Gasteiger partial charge in [-0.25, -0.2) is 5.43 Å². The van der Waals surface area contributed by atoms with E-state index in [2.05, 4.69) is 20.7 Å². The Bertz CT molecular complexity index is 1100. The Balaban J connectivity index is 1.76. The summed E-state index contributed by atoms with van der Waals surface area (Å²) in [7, 11) is 7.69. The standard InChI is InChI=1S/C22H24N4O6/c1-28-14-9-19(30-3)15(20(10-14)31-4)12-23-26-22(27)17-11-16(24-25-17)13-6-7-18(29-2)21(8-13)32-5/h6-12H,1-5H3,(H,24,25)(H,26,27)/b23-12+. The van der Waals surface area contributed by atoms with Gasteiger partial charge >= 0.3 is 0 Å². The zero-order valence-corrected chi connectivity index (χ0v) is 18.4. The molecule has 2 aromatic carbocycles. The minimum absolute atomic E-state index is 0.237. The molecule has 10 nitrogen and oxygen atoms in total. The minimum Gasteiger partial charge on any atom is -0.496 e. The average Bonchev–Trinajstić information content (AvgIpc) is 3.33. The van der Waals surface area contributed by atoms with E-state index in [9.17, 15) is 4.79 Å². The van der Waals surface area contributed by atoms with E-state index >= 15 is 0 Å². The van der Waals surface area contributed by atoms with Crippen LogP contribution in [0.5, 0.6) is 28.7 Å². The highest BCUT2D eigenvalue weighted by molar-refractivity contribution is 5.95. The van der Waals surface area contributed by atoms with Gasteiger partial charge < -0.3 is 23.7 Å². The van der Waals surface area contributed by atoms with Gasteiger partial charge in [0.2, 0.25) is 0 Å². The monoisotopic (exact) mass is 440 g/mol. The number of hydrogen-bond donors (Lipinski definition) is 2. The quantitative estimate of drug-likeness (QED) is 0.388. The van der Waals surface area contributed by atoms with E-state index in [0.717, 1.165) is 5.56 Å². The lowest BCUT2D eigenvalue weighted by Crippen LogP contribution is -2.18. The second-order valence-corrected chi connectivity index (χ2v) is 6.38. The van der Waals surface area contributed by atoms with Crippen LogP contribution in [0.4, 0.5) is 0 Å². The molecule has 1 amide bonds. The van der Waals surface area contributed by atoms with Gasteiger partial charge in [-0.05, 0) is 24.3 Å². The third-order valence-electron chi connectivity index (χ3n) is 4.61. The Morgan fingerprint density at radius 3 is 2.12 bits per heavy atom. The van der Waals surface area contributed by atoms with Crippen molar-refractivity contribution < 1.29 is 28.5 Å². The van der Waals surface area contributed by atoms with Gasteiger partial charge in [0.1, 0.15) is 22.9 Å². The average molecular weight is 440 g/mol. The van der Waals surface area contributed by atoms with Crippen LogP contribution in [-0.4, -0.2) is 57.9 Å². The molecule has 168 valence electrons. The molecule has 0 aliphatic heterocycles. The summed E-state index contributed by atoms with van der Waals surface area (Å²) in [5.74, 6) is 2.23. The summed E-state index contributed by atoms with van der Waals surface area (Å²) < 4.78 is 26.5. The first-order valence-corrected chi connectivity index (χ1v) is 9.45. The number of methoxy groups -OCH3 is 5. The fraction of sp³-hybridized carbons (Fsp3) is 0.227. The van der Waals surface area contributed by atoms with Crippen molar-refractivity contribution in [1.29, 1.82) is 0 Å². The van der Waals surface area contributed by atoms with Gasteiger partial charge in [0, 0.05) is 17.7 Å². The van der Waals surface area contributed by atoms with Crippen LogP contribution in [0, 0.1) is 0 Å². The van der Waals surface area contributed by atoms with Crippen LogP contribution in [0.25, 0.3) is 11.3 Å². The van der Waals surface area contributed by atoms with Gasteiger partial charge in [0.25, 0.3) is 5.91 Å². The van der Waals surface area contributed by atoms with Gasteiger partial charge in [-0.1, -0.05) is 0 Å². The van der Waals surface area contributed by atoms with E-state index in [1.807, 2.05) is 6.07 Å². The number of nitrogens with zero attached hydrogens (tertiary/aromatic N) is 2. The normalized spacial score (nSPS) is 10.7. The number of ether oxygens (including phenoxy) is 5. The molecule has 3 rings (SSSR count). The molecule has 0 fully saturated rings. The van der Waals surface area contributed by atoms with E-state index in [0.29, 0.717) is 40.0 Å². The van der Waals surface area contributed by atoms with Gasteiger partial charge in [0.15, 0.2) is 11.5 Å². The first-order chi connectivity index (χ1) is 15.5. The molecule has 0 bridgehead atoms. The number of nitrogens with one attached hydrogen (secondary N) is 2. The molecule has 0 saturated heterocycles. The van der Waals surface area contributed by atoms with E-state index in [4.69, 9.17) is 23.7 Å². The lowest BCUT2D eigenvalue weighted by atomic mass is 10.1. The Kier molecular flexibility index (Phi) is 7.17. The number of aromatic nitrogens is 2. The Morgan fingerprint density at radius 2 is 1.53 bits per heavy atom. The predicted octanol–water partition coefficient (Wildman–Crippen LogP) is 2.88. The van der Waals surface area contributed by atoms with Crippen molar-refractivity contribution in [2.24, 2.45) is 5.10 Å². The fourth-order valence-corrected chi connectivity index (χ4v) is 2.96. The van der Waals surface area contributed by atoms with Crippen molar-refractivity contribution in [1.82, 2.24) is 15.6 Å². The molecule has 10 heteroatoms. The van der Waals surface area contributed by atoms with Crippen molar-refractivity contribution >= 4 is 12.1 Å². The molecule has 32 heavy (non-hydrogen) atoms. The van der Waals surface area contributed by atoms with Gasteiger partial charge in [-0.15, -0.1) is 0 Å². The highest BCUT2D eigenvalue weighted by Crippen LogP contribution is 2.33. The molecule has 3 aromatic rings. The Hall–Kier alpha value is -4.21. The first-order valence-electron chi connectivity index (χ1n) is 9.45. The van der Waals surface area contributed by atoms with E-state index in [-0.39, 0.29) is 5.69 Å². The van der Waals surface area contributed by atoms with Gasteiger partial charge in [-0.2, -0.15) is 10.2 Å². The molecule has 2 N–H and O–H groups in total.